The van der Waals surface area contributed by atoms with Gasteiger partial charge in [0.1, 0.15) is 0 Å². The van der Waals surface area contributed by atoms with E-state index in [0.29, 0.717) is 0 Å². The normalized spacial score (nSPS) is 10.9. The lowest BCUT2D eigenvalue weighted by Gasteiger charge is -2.03. The molecule has 2 rings (SSSR count). The molecule has 2 heterocycles. The second kappa shape index (κ2) is 5.61. The molecule has 0 atom stereocenters. The van der Waals surface area contributed by atoms with Gasteiger partial charge in [-0.05, 0) is 40.3 Å². The van der Waals surface area contributed by atoms with Crippen molar-refractivity contribution in [2.75, 3.05) is 6.54 Å². The van der Waals surface area contributed by atoms with Crippen molar-refractivity contribution in [2.24, 2.45) is 0 Å². The Bertz CT molecular complexity index is 450. The Balaban J connectivity index is 2.16. The van der Waals surface area contributed by atoms with E-state index in [9.17, 15) is 0 Å². The molecule has 0 saturated heterocycles. The molecule has 86 valence electrons. The maximum Gasteiger partial charge on any atom is 0.0806 e. The highest BCUT2D eigenvalue weighted by Gasteiger charge is 2.11. The molecule has 16 heavy (non-hydrogen) atoms. The van der Waals surface area contributed by atoms with Gasteiger partial charge in [-0.25, -0.2) is 0 Å². The summed E-state index contributed by atoms with van der Waals surface area (Å²) in [4.78, 5) is 1.21. The van der Waals surface area contributed by atoms with Crippen molar-refractivity contribution in [1.29, 1.82) is 0 Å². The fourth-order valence-electron chi connectivity index (χ4n) is 1.51. The molecule has 0 aliphatic carbocycles. The van der Waals surface area contributed by atoms with Crippen LogP contribution in [0.2, 0.25) is 0 Å². The largest absolute Gasteiger partial charge is 0.313 e. The van der Waals surface area contributed by atoms with E-state index in [-0.39, 0.29) is 0 Å². The van der Waals surface area contributed by atoms with Crippen molar-refractivity contribution < 1.29 is 0 Å². The molecule has 2 aromatic heterocycles. The Morgan fingerprint density at radius 2 is 2.44 bits per heavy atom. The minimum atomic E-state index is 0.865. The van der Waals surface area contributed by atoms with Gasteiger partial charge in [0.25, 0.3) is 0 Å². The first-order valence-corrected chi connectivity index (χ1v) is 6.96. The molecule has 0 aliphatic heterocycles. The van der Waals surface area contributed by atoms with E-state index in [0.717, 1.165) is 29.7 Å². The van der Waals surface area contributed by atoms with Crippen LogP contribution in [0.25, 0.3) is 10.6 Å². The third kappa shape index (κ3) is 2.53. The van der Waals surface area contributed by atoms with Crippen molar-refractivity contribution in [2.45, 2.75) is 19.9 Å². The van der Waals surface area contributed by atoms with E-state index < -0.39 is 0 Å². The van der Waals surface area contributed by atoms with Crippen molar-refractivity contribution in [3.63, 3.8) is 0 Å². The average Bonchev–Trinajstić information content (AvgIpc) is 2.87. The molecule has 0 saturated carbocycles. The second-order valence-corrected chi connectivity index (χ2v) is 5.32. The molecule has 5 heteroatoms. The summed E-state index contributed by atoms with van der Waals surface area (Å²) in [5, 5.41) is 12.6. The summed E-state index contributed by atoms with van der Waals surface area (Å²) >= 11 is 5.26. The topological polar surface area (TPSA) is 40.7 Å². The van der Waals surface area contributed by atoms with Crippen molar-refractivity contribution in [1.82, 2.24) is 15.5 Å². The lowest BCUT2D eigenvalue weighted by molar-refractivity contribution is 0.676. The summed E-state index contributed by atoms with van der Waals surface area (Å²) < 4.78 is 1.12. The smallest absolute Gasteiger partial charge is 0.0806 e. The minimum absolute atomic E-state index is 0.865. The maximum atomic E-state index is 4.12. The van der Waals surface area contributed by atoms with Crippen molar-refractivity contribution >= 4 is 27.3 Å². The van der Waals surface area contributed by atoms with Crippen LogP contribution >= 0.6 is 27.3 Å². The van der Waals surface area contributed by atoms with Gasteiger partial charge < -0.3 is 5.32 Å². The quantitative estimate of drug-likeness (QED) is 0.831. The predicted molar refractivity (Wildman–Crippen MR) is 71.6 cm³/mol. The molecule has 0 unspecified atom stereocenters. The highest BCUT2D eigenvalue weighted by atomic mass is 79.9. The SMILES string of the molecule is CCCNCc1cn[nH]c1-c1sccc1Br. The van der Waals surface area contributed by atoms with Crippen LogP contribution in [0, 0.1) is 0 Å². The van der Waals surface area contributed by atoms with Crippen molar-refractivity contribution in [3.05, 3.63) is 27.7 Å². The minimum Gasteiger partial charge on any atom is -0.313 e. The third-order valence-corrected chi connectivity index (χ3v) is 4.16. The first-order chi connectivity index (χ1) is 7.83. The highest BCUT2D eigenvalue weighted by molar-refractivity contribution is 9.10. The molecule has 0 amide bonds. The van der Waals surface area contributed by atoms with Crippen LogP contribution in [0.15, 0.2) is 22.1 Å². The van der Waals surface area contributed by atoms with Gasteiger partial charge in [0, 0.05) is 16.6 Å². The molecular formula is C11H14BrN3S. The Kier molecular flexibility index (Phi) is 4.15. The van der Waals surface area contributed by atoms with Gasteiger partial charge in [-0.1, -0.05) is 6.92 Å². The van der Waals surface area contributed by atoms with E-state index in [1.54, 1.807) is 11.3 Å². The number of nitrogens with one attached hydrogen (secondary N) is 2. The predicted octanol–water partition coefficient (Wildman–Crippen LogP) is 3.40. The van der Waals surface area contributed by atoms with Gasteiger partial charge in [-0.2, -0.15) is 5.10 Å². The van der Waals surface area contributed by atoms with Crippen molar-refractivity contribution in [3.8, 4) is 10.6 Å². The van der Waals surface area contributed by atoms with Crippen LogP contribution in [-0.2, 0) is 6.54 Å². The number of hydrogen-bond donors (Lipinski definition) is 2. The second-order valence-electron chi connectivity index (χ2n) is 3.54. The van der Waals surface area contributed by atoms with E-state index in [1.165, 1.54) is 10.4 Å². The standard InChI is InChI=1S/C11H14BrN3S/c1-2-4-13-6-8-7-14-15-10(8)11-9(12)3-5-16-11/h3,5,7,13H,2,4,6H2,1H3,(H,14,15). The molecule has 0 aliphatic rings. The zero-order valence-electron chi connectivity index (χ0n) is 9.09. The Morgan fingerprint density at radius 1 is 1.56 bits per heavy atom. The van der Waals surface area contributed by atoms with Gasteiger partial charge in [0.05, 0.1) is 16.8 Å². The number of thiophene rings is 1. The number of halogens is 1. The summed E-state index contributed by atoms with van der Waals surface area (Å²) in [6.45, 7) is 4.07. The molecule has 0 aromatic carbocycles. The molecule has 3 nitrogen and oxygen atoms in total. The van der Waals surface area contributed by atoms with E-state index in [4.69, 9.17) is 0 Å². The number of aromatic nitrogens is 2. The fraction of sp³-hybridized carbons (Fsp3) is 0.364. The van der Waals surface area contributed by atoms with Crippen LogP contribution in [-0.4, -0.2) is 16.7 Å². The zero-order chi connectivity index (χ0) is 11.4. The fourth-order valence-corrected chi connectivity index (χ4v) is 3.11. The Morgan fingerprint density at radius 3 is 3.12 bits per heavy atom. The first-order valence-electron chi connectivity index (χ1n) is 5.29. The molecule has 2 N–H and O–H groups in total. The molecule has 0 radical (unpaired) electrons. The number of aromatic amines is 1. The molecule has 0 fully saturated rings. The third-order valence-electron chi connectivity index (χ3n) is 2.30. The van der Waals surface area contributed by atoms with E-state index in [1.807, 2.05) is 6.20 Å². The molecule has 0 spiro atoms. The van der Waals surface area contributed by atoms with Crippen LogP contribution in [0.1, 0.15) is 18.9 Å². The summed E-state index contributed by atoms with van der Waals surface area (Å²) in [7, 11) is 0. The van der Waals surface area contributed by atoms with E-state index in [2.05, 4.69) is 49.8 Å². The molecule has 0 bridgehead atoms. The van der Waals surface area contributed by atoms with Gasteiger partial charge >= 0.3 is 0 Å². The Labute approximate surface area is 107 Å². The van der Waals surface area contributed by atoms with Gasteiger partial charge in [-0.3, -0.25) is 5.10 Å². The molecule has 2 aromatic rings. The monoisotopic (exact) mass is 299 g/mol. The number of rotatable bonds is 5. The van der Waals surface area contributed by atoms with Crippen LogP contribution < -0.4 is 5.32 Å². The Hall–Kier alpha value is -0.650. The maximum absolute atomic E-state index is 4.12. The van der Waals surface area contributed by atoms with E-state index >= 15 is 0 Å². The lowest BCUT2D eigenvalue weighted by Crippen LogP contribution is -2.13. The number of hydrogen-bond acceptors (Lipinski definition) is 3. The van der Waals surface area contributed by atoms with Crippen LogP contribution in [0.4, 0.5) is 0 Å². The zero-order valence-corrected chi connectivity index (χ0v) is 11.5. The molecular weight excluding hydrogens is 286 g/mol. The van der Waals surface area contributed by atoms with Gasteiger partial charge in [0.2, 0.25) is 0 Å². The van der Waals surface area contributed by atoms with Crippen LogP contribution in [0.5, 0.6) is 0 Å². The van der Waals surface area contributed by atoms with Crippen LogP contribution in [0.3, 0.4) is 0 Å². The first kappa shape index (κ1) is 11.8. The summed E-state index contributed by atoms with van der Waals surface area (Å²) in [5.74, 6) is 0. The number of H-pyrrole nitrogens is 1. The summed E-state index contributed by atoms with van der Waals surface area (Å²) in [6, 6.07) is 2.06. The summed E-state index contributed by atoms with van der Waals surface area (Å²) in [6.07, 6.45) is 3.04. The lowest BCUT2D eigenvalue weighted by atomic mass is 10.2. The number of nitrogens with zero attached hydrogens (tertiary/aromatic N) is 1. The summed E-state index contributed by atoms with van der Waals surface area (Å²) in [5.41, 5.74) is 2.34. The highest BCUT2D eigenvalue weighted by Crippen LogP contribution is 2.33. The van der Waals surface area contributed by atoms with Gasteiger partial charge in [-0.15, -0.1) is 11.3 Å². The van der Waals surface area contributed by atoms with Gasteiger partial charge in [0.15, 0.2) is 0 Å². The average molecular weight is 300 g/mol.